The summed E-state index contributed by atoms with van der Waals surface area (Å²) in [5.74, 6) is 0.660. The molecule has 0 atom stereocenters. The molecule has 0 aliphatic carbocycles. The van der Waals surface area contributed by atoms with Crippen LogP contribution in [-0.4, -0.2) is 17.5 Å². The molecule has 112 valence electrons. The standard InChI is InChI=1S/C16H20N2O2S/c1-5-20-11-6-7-12-13(10-11)21-15(17-12)18-14(19)8-9-16(2,3)4/h6-10H,5H2,1-4H3,(H,17,18,19)/b9-8+. The fourth-order valence-corrected chi connectivity index (χ4v) is 2.58. The molecular weight excluding hydrogens is 284 g/mol. The highest BCUT2D eigenvalue weighted by molar-refractivity contribution is 7.22. The number of hydrogen-bond donors (Lipinski definition) is 1. The van der Waals surface area contributed by atoms with Crippen LogP contribution in [0.15, 0.2) is 30.4 Å². The van der Waals surface area contributed by atoms with Crippen LogP contribution >= 0.6 is 11.3 Å². The highest BCUT2D eigenvalue weighted by Gasteiger charge is 2.09. The SMILES string of the molecule is CCOc1ccc2nc(NC(=O)/C=C/C(C)(C)C)sc2c1. The van der Waals surface area contributed by atoms with Gasteiger partial charge in [0.25, 0.3) is 0 Å². The van der Waals surface area contributed by atoms with Crippen LogP contribution in [0.1, 0.15) is 27.7 Å². The maximum absolute atomic E-state index is 11.8. The van der Waals surface area contributed by atoms with Crippen LogP contribution in [-0.2, 0) is 4.79 Å². The van der Waals surface area contributed by atoms with Crippen molar-refractivity contribution in [2.75, 3.05) is 11.9 Å². The summed E-state index contributed by atoms with van der Waals surface area (Å²) in [5, 5.41) is 3.40. The predicted octanol–water partition coefficient (Wildman–Crippen LogP) is 4.24. The van der Waals surface area contributed by atoms with Crippen molar-refractivity contribution in [1.29, 1.82) is 0 Å². The number of thiazole rings is 1. The molecule has 0 fully saturated rings. The number of rotatable bonds is 4. The molecule has 1 heterocycles. The number of nitrogens with zero attached hydrogens (tertiary/aromatic N) is 1. The second-order valence-electron chi connectivity index (χ2n) is 5.77. The molecule has 4 nitrogen and oxygen atoms in total. The third-order valence-electron chi connectivity index (χ3n) is 2.64. The lowest BCUT2D eigenvalue weighted by Gasteiger charge is -2.10. The minimum absolute atomic E-state index is 0.0165. The zero-order valence-corrected chi connectivity index (χ0v) is 13.6. The Balaban J connectivity index is 2.12. The molecule has 0 saturated carbocycles. The number of carbonyl (C=O) groups excluding carboxylic acids is 1. The lowest BCUT2D eigenvalue weighted by Crippen LogP contribution is -2.09. The number of allylic oxidation sites excluding steroid dienone is 1. The minimum Gasteiger partial charge on any atom is -0.494 e. The van der Waals surface area contributed by atoms with E-state index in [4.69, 9.17) is 4.74 Å². The molecule has 1 aromatic carbocycles. The van der Waals surface area contributed by atoms with E-state index in [0.29, 0.717) is 11.7 Å². The summed E-state index contributed by atoms with van der Waals surface area (Å²) in [7, 11) is 0. The number of anilines is 1. The first-order chi connectivity index (χ1) is 9.87. The van der Waals surface area contributed by atoms with Crippen LogP contribution in [0.4, 0.5) is 5.13 Å². The summed E-state index contributed by atoms with van der Waals surface area (Å²) < 4.78 is 6.46. The fourth-order valence-electron chi connectivity index (χ4n) is 1.69. The molecule has 0 aliphatic rings. The molecule has 1 N–H and O–H groups in total. The Hall–Kier alpha value is -1.88. The van der Waals surface area contributed by atoms with Crippen LogP contribution in [0.5, 0.6) is 5.75 Å². The average molecular weight is 304 g/mol. The van der Waals surface area contributed by atoms with Gasteiger partial charge in [-0.25, -0.2) is 4.98 Å². The largest absolute Gasteiger partial charge is 0.494 e. The summed E-state index contributed by atoms with van der Waals surface area (Å²) in [5.41, 5.74) is 0.843. The van der Waals surface area contributed by atoms with Gasteiger partial charge in [-0.05, 0) is 36.6 Å². The van der Waals surface area contributed by atoms with E-state index in [1.54, 1.807) is 6.08 Å². The van der Waals surface area contributed by atoms with Gasteiger partial charge in [-0.2, -0.15) is 0 Å². The molecule has 2 rings (SSSR count). The van der Waals surface area contributed by atoms with Crippen molar-refractivity contribution in [3.63, 3.8) is 0 Å². The normalized spacial score (nSPS) is 12.0. The van der Waals surface area contributed by atoms with Crippen molar-refractivity contribution < 1.29 is 9.53 Å². The molecule has 0 spiro atoms. The van der Waals surface area contributed by atoms with Crippen molar-refractivity contribution in [1.82, 2.24) is 4.98 Å². The fraction of sp³-hybridized carbons (Fsp3) is 0.375. The quantitative estimate of drug-likeness (QED) is 0.860. The highest BCUT2D eigenvalue weighted by Crippen LogP contribution is 2.29. The summed E-state index contributed by atoms with van der Waals surface area (Å²) in [4.78, 5) is 16.2. The van der Waals surface area contributed by atoms with E-state index >= 15 is 0 Å². The number of nitrogens with one attached hydrogen (secondary N) is 1. The number of carbonyl (C=O) groups is 1. The van der Waals surface area contributed by atoms with Gasteiger partial charge in [-0.1, -0.05) is 38.2 Å². The van der Waals surface area contributed by atoms with Crippen molar-refractivity contribution in [3.05, 3.63) is 30.4 Å². The lowest BCUT2D eigenvalue weighted by molar-refractivity contribution is -0.112. The van der Waals surface area contributed by atoms with E-state index in [0.717, 1.165) is 16.0 Å². The highest BCUT2D eigenvalue weighted by atomic mass is 32.1. The minimum atomic E-state index is -0.158. The molecule has 0 bridgehead atoms. The van der Waals surface area contributed by atoms with E-state index in [9.17, 15) is 4.79 Å². The van der Waals surface area contributed by atoms with E-state index in [2.05, 4.69) is 10.3 Å². The smallest absolute Gasteiger partial charge is 0.249 e. The maximum Gasteiger partial charge on any atom is 0.249 e. The van der Waals surface area contributed by atoms with Crippen LogP contribution in [0.25, 0.3) is 10.2 Å². The number of amides is 1. The Labute approximate surface area is 128 Å². The number of hydrogen-bond acceptors (Lipinski definition) is 4. The first-order valence-corrected chi connectivity index (χ1v) is 7.72. The molecule has 0 radical (unpaired) electrons. The molecule has 0 unspecified atom stereocenters. The zero-order chi connectivity index (χ0) is 15.5. The van der Waals surface area contributed by atoms with E-state index in [-0.39, 0.29) is 11.3 Å². The lowest BCUT2D eigenvalue weighted by atomic mass is 9.96. The second kappa shape index (κ2) is 6.26. The molecule has 1 aromatic heterocycles. The Morgan fingerprint density at radius 1 is 1.43 bits per heavy atom. The Bertz CT molecular complexity index is 668. The first-order valence-electron chi connectivity index (χ1n) is 6.91. The molecule has 21 heavy (non-hydrogen) atoms. The van der Waals surface area contributed by atoms with E-state index in [1.807, 2.05) is 52.0 Å². The summed E-state index contributed by atoms with van der Waals surface area (Å²) in [6.45, 7) is 8.72. The summed E-state index contributed by atoms with van der Waals surface area (Å²) >= 11 is 1.44. The van der Waals surface area contributed by atoms with Gasteiger partial charge in [0, 0.05) is 0 Å². The van der Waals surface area contributed by atoms with Gasteiger partial charge in [-0.3, -0.25) is 10.1 Å². The number of ether oxygens (including phenoxy) is 1. The van der Waals surface area contributed by atoms with Gasteiger partial charge in [-0.15, -0.1) is 0 Å². The van der Waals surface area contributed by atoms with Crippen LogP contribution < -0.4 is 10.1 Å². The number of benzene rings is 1. The number of aromatic nitrogens is 1. The predicted molar refractivity (Wildman–Crippen MR) is 88.0 cm³/mol. The van der Waals surface area contributed by atoms with Gasteiger partial charge in [0.1, 0.15) is 5.75 Å². The number of fused-ring (bicyclic) bond motifs is 1. The van der Waals surface area contributed by atoms with Crippen LogP contribution in [0.3, 0.4) is 0 Å². The van der Waals surface area contributed by atoms with Crippen molar-refractivity contribution in [3.8, 4) is 5.75 Å². The zero-order valence-electron chi connectivity index (χ0n) is 12.8. The first kappa shape index (κ1) is 15.5. The van der Waals surface area contributed by atoms with Gasteiger partial charge < -0.3 is 4.74 Å². The van der Waals surface area contributed by atoms with Gasteiger partial charge >= 0.3 is 0 Å². The van der Waals surface area contributed by atoms with Gasteiger partial charge in [0.2, 0.25) is 5.91 Å². The monoisotopic (exact) mass is 304 g/mol. The third-order valence-corrected chi connectivity index (χ3v) is 3.57. The van der Waals surface area contributed by atoms with Gasteiger partial charge in [0.15, 0.2) is 5.13 Å². The molecule has 1 amide bonds. The third kappa shape index (κ3) is 4.56. The average Bonchev–Trinajstić information content (AvgIpc) is 2.77. The van der Waals surface area contributed by atoms with Gasteiger partial charge in [0.05, 0.1) is 16.8 Å². The topological polar surface area (TPSA) is 51.2 Å². The van der Waals surface area contributed by atoms with E-state index in [1.165, 1.54) is 11.3 Å². The van der Waals surface area contributed by atoms with E-state index < -0.39 is 0 Å². The molecule has 0 aliphatic heterocycles. The van der Waals surface area contributed by atoms with Crippen LogP contribution in [0.2, 0.25) is 0 Å². The Morgan fingerprint density at radius 2 is 2.19 bits per heavy atom. The Kier molecular flexibility index (Phi) is 4.63. The van der Waals surface area contributed by atoms with Crippen LogP contribution in [0, 0.1) is 5.41 Å². The summed E-state index contributed by atoms with van der Waals surface area (Å²) in [6.07, 6.45) is 3.43. The van der Waals surface area contributed by atoms with Crippen molar-refractivity contribution >= 4 is 32.6 Å². The molecule has 2 aromatic rings. The maximum atomic E-state index is 11.8. The second-order valence-corrected chi connectivity index (χ2v) is 6.80. The molecular formula is C16H20N2O2S. The summed E-state index contributed by atoms with van der Waals surface area (Å²) in [6, 6.07) is 5.73. The van der Waals surface area contributed by atoms with Crippen molar-refractivity contribution in [2.24, 2.45) is 5.41 Å². The van der Waals surface area contributed by atoms with Crippen molar-refractivity contribution in [2.45, 2.75) is 27.7 Å². The Morgan fingerprint density at radius 3 is 2.86 bits per heavy atom. The molecule has 5 heteroatoms. The molecule has 0 saturated heterocycles.